The van der Waals surface area contributed by atoms with Gasteiger partial charge in [-0.1, -0.05) is 11.6 Å². The van der Waals surface area contributed by atoms with Crippen molar-refractivity contribution >= 4 is 23.2 Å². The fourth-order valence-electron chi connectivity index (χ4n) is 1.48. The molecule has 1 aromatic rings. The Morgan fingerprint density at radius 2 is 2.11 bits per heavy atom. The summed E-state index contributed by atoms with van der Waals surface area (Å²) in [6.45, 7) is 1.60. The molecule has 0 bridgehead atoms. The Morgan fingerprint density at radius 1 is 1.32 bits per heavy atom. The number of carbonyl (C=O) groups is 1. The summed E-state index contributed by atoms with van der Waals surface area (Å²) in [4.78, 5) is 11.4. The smallest absolute Gasteiger partial charge is 0.221 e. The third-order valence-electron chi connectivity index (χ3n) is 2.46. The molecule has 0 spiro atoms. The SMILES string of the molecule is COCCNC(=O)CCNc1ccc(OC)c(Cl)c1. The Kier molecular flexibility index (Phi) is 7.07. The molecule has 0 aromatic heterocycles. The van der Waals surface area contributed by atoms with E-state index in [9.17, 15) is 4.79 Å². The van der Waals surface area contributed by atoms with Crippen molar-refractivity contribution in [1.82, 2.24) is 5.32 Å². The van der Waals surface area contributed by atoms with Gasteiger partial charge in [0.25, 0.3) is 0 Å². The van der Waals surface area contributed by atoms with Crippen LogP contribution in [0.5, 0.6) is 5.75 Å². The number of amides is 1. The lowest BCUT2D eigenvalue weighted by atomic mass is 10.3. The van der Waals surface area contributed by atoms with Crippen molar-refractivity contribution in [2.24, 2.45) is 0 Å². The molecule has 5 nitrogen and oxygen atoms in total. The molecule has 0 saturated heterocycles. The largest absolute Gasteiger partial charge is 0.495 e. The maximum absolute atomic E-state index is 11.4. The third kappa shape index (κ3) is 5.81. The summed E-state index contributed by atoms with van der Waals surface area (Å²) < 4.78 is 9.91. The first kappa shape index (κ1) is 15.6. The molecule has 1 amide bonds. The topological polar surface area (TPSA) is 59.6 Å². The summed E-state index contributed by atoms with van der Waals surface area (Å²) in [5.74, 6) is 0.619. The maximum atomic E-state index is 11.4. The maximum Gasteiger partial charge on any atom is 0.221 e. The van der Waals surface area contributed by atoms with Gasteiger partial charge in [0.2, 0.25) is 5.91 Å². The monoisotopic (exact) mass is 286 g/mol. The summed E-state index contributed by atoms with van der Waals surface area (Å²) in [5.41, 5.74) is 0.857. The highest BCUT2D eigenvalue weighted by Gasteiger charge is 2.03. The quantitative estimate of drug-likeness (QED) is 0.717. The van der Waals surface area contributed by atoms with Crippen molar-refractivity contribution in [2.45, 2.75) is 6.42 Å². The van der Waals surface area contributed by atoms with Crippen LogP contribution in [0.4, 0.5) is 5.69 Å². The highest BCUT2D eigenvalue weighted by atomic mass is 35.5. The molecule has 106 valence electrons. The van der Waals surface area contributed by atoms with Crippen LogP contribution in [0, 0.1) is 0 Å². The van der Waals surface area contributed by atoms with Crippen LogP contribution in [0.25, 0.3) is 0 Å². The minimum absolute atomic E-state index is 0.0100. The number of hydrogen-bond donors (Lipinski definition) is 2. The number of methoxy groups -OCH3 is 2. The zero-order valence-electron chi connectivity index (χ0n) is 11.2. The van der Waals surface area contributed by atoms with E-state index in [0.29, 0.717) is 36.9 Å². The average molecular weight is 287 g/mol. The molecule has 0 aliphatic carbocycles. The molecule has 0 radical (unpaired) electrons. The first-order chi connectivity index (χ1) is 9.17. The molecular weight excluding hydrogens is 268 g/mol. The second kappa shape index (κ2) is 8.61. The van der Waals surface area contributed by atoms with Crippen LogP contribution in [-0.2, 0) is 9.53 Å². The lowest BCUT2D eigenvalue weighted by molar-refractivity contribution is -0.121. The van der Waals surface area contributed by atoms with Crippen LogP contribution in [0.2, 0.25) is 5.02 Å². The van der Waals surface area contributed by atoms with Gasteiger partial charge in [-0.15, -0.1) is 0 Å². The first-order valence-electron chi connectivity index (χ1n) is 6.00. The number of nitrogens with one attached hydrogen (secondary N) is 2. The van der Waals surface area contributed by atoms with Crippen molar-refractivity contribution < 1.29 is 14.3 Å². The van der Waals surface area contributed by atoms with Gasteiger partial charge in [-0.05, 0) is 18.2 Å². The van der Waals surface area contributed by atoms with Gasteiger partial charge >= 0.3 is 0 Å². The van der Waals surface area contributed by atoms with Gasteiger partial charge in [0, 0.05) is 32.3 Å². The summed E-state index contributed by atoms with van der Waals surface area (Å²) in [7, 11) is 3.17. The Hall–Kier alpha value is -1.46. The van der Waals surface area contributed by atoms with Crippen molar-refractivity contribution in [3.8, 4) is 5.75 Å². The molecule has 0 aliphatic heterocycles. The van der Waals surface area contributed by atoms with Crippen molar-refractivity contribution in [3.05, 3.63) is 23.2 Å². The summed E-state index contributed by atoms with van der Waals surface area (Å²) in [6, 6.07) is 5.40. The number of carbonyl (C=O) groups excluding carboxylic acids is 1. The summed E-state index contributed by atoms with van der Waals surface area (Å²) in [5, 5.41) is 6.41. The molecule has 19 heavy (non-hydrogen) atoms. The lowest BCUT2D eigenvalue weighted by Crippen LogP contribution is -2.28. The molecule has 1 rings (SSSR count). The van der Waals surface area contributed by atoms with E-state index in [0.717, 1.165) is 5.69 Å². The standard InChI is InChI=1S/C13H19ClN2O3/c1-18-8-7-16-13(17)5-6-15-10-3-4-12(19-2)11(14)9-10/h3-4,9,15H,5-8H2,1-2H3,(H,16,17). The second-order valence-electron chi connectivity index (χ2n) is 3.87. The van der Waals surface area contributed by atoms with Crippen LogP contribution in [0.15, 0.2) is 18.2 Å². The van der Waals surface area contributed by atoms with Crippen molar-refractivity contribution in [1.29, 1.82) is 0 Å². The Balaban J connectivity index is 2.29. The van der Waals surface area contributed by atoms with E-state index in [-0.39, 0.29) is 5.91 Å². The minimum Gasteiger partial charge on any atom is -0.495 e. The van der Waals surface area contributed by atoms with Crippen LogP contribution >= 0.6 is 11.6 Å². The predicted octanol–water partition coefficient (Wildman–Crippen LogP) is 1.91. The lowest BCUT2D eigenvalue weighted by Gasteiger charge is -2.09. The average Bonchev–Trinajstić information content (AvgIpc) is 2.39. The minimum atomic E-state index is -0.0100. The molecular formula is C13H19ClN2O3. The molecule has 6 heteroatoms. The predicted molar refractivity (Wildman–Crippen MR) is 76.0 cm³/mol. The van der Waals surface area contributed by atoms with E-state index in [2.05, 4.69) is 10.6 Å². The number of ether oxygens (including phenoxy) is 2. The van der Waals surface area contributed by atoms with Gasteiger partial charge in [-0.2, -0.15) is 0 Å². The molecule has 0 fully saturated rings. The molecule has 0 saturated carbocycles. The number of halogens is 1. The number of anilines is 1. The Labute approximate surface area is 118 Å². The highest BCUT2D eigenvalue weighted by Crippen LogP contribution is 2.26. The third-order valence-corrected chi connectivity index (χ3v) is 2.76. The molecule has 2 N–H and O–H groups in total. The zero-order valence-corrected chi connectivity index (χ0v) is 11.9. The normalized spacial score (nSPS) is 10.1. The highest BCUT2D eigenvalue weighted by molar-refractivity contribution is 6.32. The summed E-state index contributed by atoms with van der Waals surface area (Å²) in [6.07, 6.45) is 0.396. The van der Waals surface area contributed by atoms with Gasteiger partial charge in [-0.3, -0.25) is 4.79 Å². The van der Waals surface area contributed by atoms with Gasteiger partial charge in [0.15, 0.2) is 0 Å². The fraction of sp³-hybridized carbons (Fsp3) is 0.462. The van der Waals surface area contributed by atoms with Gasteiger partial charge in [0.1, 0.15) is 5.75 Å². The summed E-state index contributed by atoms with van der Waals surface area (Å²) >= 11 is 6.00. The van der Waals surface area contributed by atoms with Crippen molar-refractivity contribution in [2.75, 3.05) is 39.2 Å². The number of benzene rings is 1. The van der Waals surface area contributed by atoms with Crippen LogP contribution in [0.3, 0.4) is 0 Å². The molecule has 0 aliphatic rings. The number of hydrogen-bond acceptors (Lipinski definition) is 4. The van der Waals surface area contributed by atoms with E-state index in [1.165, 1.54) is 0 Å². The van der Waals surface area contributed by atoms with Gasteiger partial charge < -0.3 is 20.1 Å². The van der Waals surface area contributed by atoms with E-state index < -0.39 is 0 Å². The van der Waals surface area contributed by atoms with E-state index in [1.807, 2.05) is 6.07 Å². The molecule has 0 heterocycles. The zero-order chi connectivity index (χ0) is 14.1. The van der Waals surface area contributed by atoms with Crippen molar-refractivity contribution in [3.63, 3.8) is 0 Å². The van der Waals surface area contributed by atoms with E-state index in [4.69, 9.17) is 21.1 Å². The first-order valence-corrected chi connectivity index (χ1v) is 6.38. The van der Waals surface area contributed by atoms with Crippen LogP contribution in [-0.4, -0.2) is 39.8 Å². The fourth-order valence-corrected chi connectivity index (χ4v) is 1.74. The molecule has 0 atom stereocenters. The molecule has 1 aromatic carbocycles. The van der Waals surface area contributed by atoms with E-state index in [1.54, 1.807) is 26.4 Å². The van der Waals surface area contributed by atoms with Crippen LogP contribution < -0.4 is 15.4 Å². The second-order valence-corrected chi connectivity index (χ2v) is 4.28. The van der Waals surface area contributed by atoms with Gasteiger partial charge in [0.05, 0.1) is 18.7 Å². The Bertz CT molecular complexity index is 413. The Morgan fingerprint density at radius 3 is 2.74 bits per heavy atom. The van der Waals surface area contributed by atoms with Crippen LogP contribution in [0.1, 0.15) is 6.42 Å². The number of rotatable bonds is 8. The molecule has 0 unspecified atom stereocenters. The van der Waals surface area contributed by atoms with E-state index >= 15 is 0 Å². The van der Waals surface area contributed by atoms with Gasteiger partial charge in [-0.25, -0.2) is 0 Å².